The maximum atomic E-state index is 12.7. The molecule has 0 saturated carbocycles. The lowest BCUT2D eigenvalue weighted by molar-refractivity contribution is -0.136. The van der Waals surface area contributed by atoms with Crippen LogP contribution in [0.1, 0.15) is 28.2 Å². The van der Waals surface area contributed by atoms with E-state index in [0.29, 0.717) is 6.61 Å². The van der Waals surface area contributed by atoms with Crippen molar-refractivity contribution in [2.24, 2.45) is 0 Å². The van der Waals surface area contributed by atoms with E-state index in [4.69, 9.17) is 9.47 Å². The first-order chi connectivity index (χ1) is 14.2. The fourth-order valence-corrected chi connectivity index (χ4v) is 4.92. The highest BCUT2D eigenvalue weighted by Crippen LogP contribution is 2.50. The summed E-state index contributed by atoms with van der Waals surface area (Å²) in [6.45, 7) is 0.303. The molecule has 1 N–H and O–H groups in total. The summed E-state index contributed by atoms with van der Waals surface area (Å²) in [6.07, 6.45) is 0.876. The first-order valence-corrected chi connectivity index (χ1v) is 9.80. The number of anilines is 1. The van der Waals surface area contributed by atoms with E-state index in [1.165, 1.54) is 27.8 Å². The van der Waals surface area contributed by atoms with E-state index in [9.17, 15) is 4.79 Å². The van der Waals surface area contributed by atoms with Gasteiger partial charge in [0.1, 0.15) is 12.4 Å². The topological polar surface area (TPSA) is 47.6 Å². The highest BCUT2D eigenvalue weighted by molar-refractivity contribution is 5.98. The van der Waals surface area contributed by atoms with Crippen molar-refractivity contribution in [3.8, 4) is 16.9 Å². The van der Waals surface area contributed by atoms with Gasteiger partial charge in [0.2, 0.25) is 0 Å². The first kappa shape index (κ1) is 16.4. The highest BCUT2D eigenvalue weighted by atomic mass is 16.5. The minimum Gasteiger partial charge on any atom is -0.497 e. The van der Waals surface area contributed by atoms with Crippen LogP contribution in [0.3, 0.4) is 0 Å². The molecule has 4 nitrogen and oxygen atoms in total. The Balaban J connectivity index is 1.59. The number of methoxy groups -OCH3 is 1. The third-order valence-electron chi connectivity index (χ3n) is 6.24. The van der Waals surface area contributed by atoms with Gasteiger partial charge in [0, 0.05) is 11.6 Å². The monoisotopic (exact) mass is 381 g/mol. The van der Waals surface area contributed by atoms with Gasteiger partial charge in [0.05, 0.1) is 18.4 Å². The summed E-state index contributed by atoms with van der Waals surface area (Å²) in [4.78, 5) is 12.7. The van der Waals surface area contributed by atoms with E-state index in [-0.39, 0.29) is 11.9 Å². The smallest absolute Gasteiger partial charge is 0.337 e. The average Bonchev–Trinajstić information content (AvgIpc) is 3.33. The molecule has 142 valence electrons. The Morgan fingerprint density at radius 3 is 2.66 bits per heavy atom. The second-order valence-corrected chi connectivity index (χ2v) is 7.69. The molecule has 2 heterocycles. The number of ether oxygens (including phenoxy) is 2. The van der Waals surface area contributed by atoms with E-state index >= 15 is 0 Å². The van der Waals surface area contributed by atoms with Gasteiger partial charge in [-0.1, -0.05) is 42.5 Å². The number of hydrogen-bond acceptors (Lipinski definition) is 4. The van der Waals surface area contributed by atoms with Crippen molar-refractivity contribution in [2.45, 2.75) is 12.3 Å². The highest BCUT2D eigenvalue weighted by Gasteiger charge is 2.40. The summed E-state index contributed by atoms with van der Waals surface area (Å²) in [6, 6.07) is 20.9. The minimum atomic E-state index is -0.230. The van der Waals surface area contributed by atoms with Gasteiger partial charge in [0.25, 0.3) is 0 Å². The fraction of sp³-hybridized carbons (Fsp3) is 0.160. The number of carbonyl (C=O) groups is 1. The number of rotatable bonds is 2. The Kier molecular flexibility index (Phi) is 3.39. The molecule has 4 heteroatoms. The molecule has 29 heavy (non-hydrogen) atoms. The summed E-state index contributed by atoms with van der Waals surface area (Å²) in [5.74, 6) is 0.426. The number of carbonyl (C=O) groups excluding carboxylic acids is 1. The number of esters is 1. The molecule has 0 bridgehead atoms. The Morgan fingerprint density at radius 2 is 1.83 bits per heavy atom. The Hall–Kier alpha value is -3.53. The molecule has 0 saturated heterocycles. The summed E-state index contributed by atoms with van der Waals surface area (Å²) >= 11 is 0. The lowest BCUT2D eigenvalue weighted by Gasteiger charge is -2.29. The van der Waals surface area contributed by atoms with Gasteiger partial charge in [-0.15, -0.1) is 0 Å². The van der Waals surface area contributed by atoms with Crippen LogP contribution in [0.15, 0.2) is 71.9 Å². The largest absolute Gasteiger partial charge is 0.497 e. The first-order valence-electron chi connectivity index (χ1n) is 9.80. The average molecular weight is 381 g/mol. The summed E-state index contributed by atoms with van der Waals surface area (Å²) in [5, 5.41) is 3.48. The summed E-state index contributed by atoms with van der Waals surface area (Å²) in [7, 11) is 1.66. The van der Waals surface area contributed by atoms with Gasteiger partial charge in [-0.3, -0.25) is 0 Å². The van der Waals surface area contributed by atoms with Crippen molar-refractivity contribution in [3.63, 3.8) is 0 Å². The maximum absolute atomic E-state index is 12.7. The van der Waals surface area contributed by atoms with Gasteiger partial charge in [-0.25, -0.2) is 4.79 Å². The molecular formula is C25H19NO3. The lowest BCUT2D eigenvalue weighted by Crippen LogP contribution is -2.21. The zero-order valence-electron chi connectivity index (χ0n) is 16.0. The molecule has 3 aromatic rings. The Labute approximate surface area is 168 Å². The number of cyclic esters (lactones) is 1. The summed E-state index contributed by atoms with van der Waals surface area (Å²) < 4.78 is 10.7. The molecule has 0 aromatic heterocycles. The van der Waals surface area contributed by atoms with Gasteiger partial charge < -0.3 is 14.8 Å². The van der Waals surface area contributed by atoms with Crippen LogP contribution >= 0.6 is 0 Å². The molecule has 3 aromatic carbocycles. The molecule has 0 amide bonds. The number of benzene rings is 3. The van der Waals surface area contributed by atoms with E-state index in [1.54, 1.807) is 7.11 Å². The van der Waals surface area contributed by atoms with Crippen molar-refractivity contribution >= 4 is 11.7 Å². The minimum absolute atomic E-state index is 0.147. The lowest BCUT2D eigenvalue weighted by atomic mass is 9.78. The Bertz CT molecular complexity index is 1210. The van der Waals surface area contributed by atoms with Crippen LogP contribution in [0, 0.1) is 0 Å². The maximum Gasteiger partial charge on any atom is 0.337 e. The van der Waals surface area contributed by atoms with Gasteiger partial charge in [-0.2, -0.15) is 0 Å². The van der Waals surface area contributed by atoms with Crippen LogP contribution < -0.4 is 10.1 Å². The zero-order chi connectivity index (χ0) is 19.5. The van der Waals surface area contributed by atoms with Crippen molar-refractivity contribution < 1.29 is 14.3 Å². The predicted octanol–water partition coefficient (Wildman–Crippen LogP) is 4.63. The molecule has 0 fully saturated rings. The van der Waals surface area contributed by atoms with E-state index < -0.39 is 0 Å². The second-order valence-electron chi connectivity index (χ2n) is 7.69. The van der Waals surface area contributed by atoms with Crippen LogP contribution in [-0.2, 0) is 16.0 Å². The molecule has 0 radical (unpaired) electrons. The molecule has 1 unspecified atom stereocenters. The zero-order valence-corrected chi connectivity index (χ0v) is 16.0. The van der Waals surface area contributed by atoms with Gasteiger partial charge >= 0.3 is 5.97 Å². The number of hydrogen-bond donors (Lipinski definition) is 1. The standard InChI is InChI=1S/C25H19NO3/c1-28-16-8-6-14(7-9-16)22-23-19-12-15-4-2-3-5-17(15)18(19)10-11-20(23)26-21-13-29-25(27)24(21)22/h2-11,22,26H,12-13H2,1H3. The Morgan fingerprint density at radius 1 is 1.00 bits per heavy atom. The van der Waals surface area contributed by atoms with Crippen LogP contribution in [0.2, 0.25) is 0 Å². The van der Waals surface area contributed by atoms with Crippen LogP contribution in [0.5, 0.6) is 5.75 Å². The third-order valence-corrected chi connectivity index (χ3v) is 6.24. The molecule has 0 spiro atoms. The molecule has 1 atom stereocenters. The van der Waals surface area contributed by atoms with E-state index in [1.807, 2.05) is 12.1 Å². The summed E-state index contributed by atoms with van der Waals surface area (Å²) in [5.41, 5.74) is 10.1. The normalized spacial score (nSPS) is 18.4. The molecule has 6 rings (SSSR count). The van der Waals surface area contributed by atoms with Crippen molar-refractivity contribution in [2.75, 3.05) is 19.0 Å². The molecule has 1 aliphatic carbocycles. The van der Waals surface area contributed by atoms with Crippen LogP contribution in [-0.4, -0.2) is 19.7 Å². The number of nitrogens with one attached hydrogen (secondary N) is 1. The van der Waals surface area contributed by atoms with E-state index in [2.05, 4.69) is 53.8 Å². The SMILES string of the molecule is COc1ccc(C2C3=C(COC3=O)Nc3ccc4c(c32)Cc2ccccc2-4)cc1. The van der Waals surface area contributed by atoms with Gasteiger partial charge in [-0.05, 0) is 58.0 Å². The molecule has 2 aliphatic heterocycles. The fourth-order valence-electron chi connectivity index (χ4n) is 4.92. The van der Waals surface area contributed by atoms with Crippen molar-refractivity contribution in [3.05, 3.63) is 94.2 Å². The quantitative estimate of drug-likeness (QED) is 0.514. The molecular weight excluding hydrogens is 362 g/mol. The predicted molar refractivity (Wildman–Crippen MR) is 111 cm³/mol. The van der Waals surface area contributed by atoms with Crippen molar-refractivity contribution in [1.82, 2.24) is 0 Å². The van der Waals surface area contributed by atoms with E-state index in [0.717, 1.165) is 34.7 Å². The third kappa shape index (κ3) is 2.29. The van der Waals surface area contributed by atoms with Crippen LogP contribution in [0.4, 0.5) is 5.69 Å². The van der Waals surface area contributed by atoms with Crippen LogP contribution in [0.25, 0.3) is 11.1 Å². The van der Waals surface area contributed by atoms with Gasteiger partial charge in [0.15, 0.2) is 0 Å². The second kappa shape index (κ2) is 5.98. The van der Waals surface area contributed by atoms with Crippen molar-refractivity contribution in [1.29, 1.82) is 0 Å². The molecule has 3 aliphatic rings. The number of fused-ring (bicyclic) bond motifs is 5.